The molecule has 1 amide bonds. The van der Waals surface area contributed by atoms with Crippen LogP contribution in [0, 0.1) is 0 Å². The predicted molar refractivity (Wildman–Crippen MR) is 91.7 cm³/mol. The Morgan fingerprint density at radius 2 is 1.57 bits per heavy atom. The molecule has 120 valence electrons. The van der Waals surface area contributed by atoms with Crippen molar-refractivity contribution in [2.45, 2.75) is 12.8 Å². The van der Waals surface area contributed by atoms with E-state index in [4.69, 9.17) is 0 Å². The van der Waals surface area contributed by atoms with Crippen LogP contribution in [0.5, 0.6) is 5.75 Å². The number of hydrogen-bond acceptors (Lipinski definition) is 3. The third kappa shape index (κ3) is 3.83. The fourth-order valence-electron chi connectivity index (χ4n) is 2.97. The van der Waals surface area contributed by atoms with Gasteiger partial charge in [0.05, 0.1) is 0 Å². The Balaban J connectivity index is 1.50. The SMILES string of the molecule is O=C(CCc1ccccc1O)N1CCN(c2ccccc2)CC1. The number of piperazine rings is 1. The number of nitrogens with zero attached hydrogens (tertiary/aromatic N) is 2. The van der Waals surface area contributed by atoms with Crippen LogP contribution < -0.4 is 4.90 Å². The number of phenols is 1. The maximum absolute atomic E-state index is 12.4. The molecule has 3 rings (SSSR count). The highest BCUT2D eigenvalue weighted by molar-refractivity contribution is 5.77. The third-order valence-corrected chi connectivity index (χ3v) is 4.35. The zero-order valence-electron chi connectivity index (χ0n) is 13.2. The van der Waals surface area contributed by atoms with Gasteiger partial charge in [-0.25, -0.2) is 0 Å². The van der Waals surface area contributed by atoms with Crippen LogP contribution >= 0.6 is 0 Å². The monoisotopic (exact) mass is 310 g/mol. The number of benzene rings is 2. The number of aromatic hydroxyl groups is 1. The van der Waals surface area contributed by atoms with Crippen molar-refractivity contribution in [2.75, 3.05) is 31.1 Å². The topological polar surface area (TPSA) is 43.8 Å². The first-order valence-corrected chi connectivity index (χ1v) is 8.08. The molecule has 1 N–H and O–H groups in total. The molecule has 0 spiro atoms. The second-order valence-corrected chi connectivity index (χ2v) is 5.83. The van der Waals surface area contributed by atoms with E-state index in [-0.39, 0.29) is 11.7 Å². The van der Waals surface area contributed by atoms with Crippen LogP contribution in [0.4, 0.5) is 5.69 Å². The molecule has 4 heteroatoms. The zero-order valence-corrected chi connectivity index (χ0v) is 13.2. The van der Waals surface area contributed by atoms with Gasteiger partial charge in [0.1, 0.15) is 5.75 Å². The number of carbonyl (C=O) groups excluding carboxylic acids is 1. The first-order chi connectivity index (χ1) is 11.2. The molecule has 0 atom stereocenters. The van der Waals surface area contributed by atoms with E-state index in [0.717, 1.165) is 31.7 Å². The highest BCUT2D eigenvalue weighted by Gasteiger charge is 2.21. The summed E-state index contributed by atoms with van der Waals surface area (Å²) in [6, 6.07) is 17.5. The fraction of sp³-hybridized carbons (Fsp3) is 0.316. The Morgan fingerprint density at radius 1 is 0.913 bits per heavy atom. The lowest BCUT2D eigenvalue weighted by Gasteiger charge is -2.36. The molecular weight excluding hydrogens is 288 g/mol. The lowest BCUT2D eigenvalue weighted by Crippen LogP contribution is -2.48. The first kappa shape index (κ1) is 15.4. The van der Waals surface area contributed by atoms with E-state index in [1.807, 2.05) is 35.2 Å². The molecule has 1 aliphatic heterocycles. The lowest BCUT2D eigenvalue weighted by atomic mass is 10.1. The van der Waals surface area contributed by atoms with Gasteiger partial charge in [0, 0.05) is 38.3 Å². The summed E-state index contributed by atoms with van der Waals surface area (Å²) in [5.41, 5.74) is 2.05. The largest absolute Gasteiger partial charge is 0.508 e. The smallest absolute Gasteiger partial charge is 0.223 e. The Hall–Kier alpha value is -2.49. The summed E-state index contributed by atoms with van der Waals surface area (Å²) in [5.74, 6) is 0.440. The van der Waals surface area contributed by atoms with E-state index in [2.05, 4.69) is 17.0 Å². The summed E-state index contributed by atoms with van der Waals surface area (Å²) in [6.07, 6.45) is 1.04. The number of para-hydroxylation sites is 2. The van der Waals surface area contributed by atoms with Gasteiger partial charge >= 0.3 is 0 Å². The van der Waals surface area contributed by atoms with Crippen molar-refractivity contribution in [3.63, 3.8) is 0 Å². The van der Waals surface area contributed by atoms with Crippen molar-refractivity contribution in [2.24, 2.45) is 0 Å². The normalized spacial score (nSPS) is 14.8. The summed E-state index contributed by atoms with van der Waals surface area (Å²) in [5, 5.41) is 9.76. The summed E-state index contributed by atoms with van der Waals surface area (Å²) < 4.78 is 0. The Morgan fingerprint density at radius 3 is 2.26 bits per heavy atom. The van der Waals surface area contributed by atoms with Crippen LogP contribution in [0.25, 0.3) is 0 Å². The number of carbonyl (C=O) groups is 1. The standard InChI is InChI=1S/C19H22N2O2/c22-18-9-5-4-6-16(18)10-11-19(23)21-14-12-20(13-15-21)17-7-2-1-3-8-17/h1-9,22H,10-15H2. The van der Waals surface area contributed by atoms with E-state index >= 15 is 0 Å². The number of phenolic OH excluding ortho intramolecular Hbond substituents is 1. The molecule has 1 fully saturated rings. The van der Waals surface area contributed by atoms with Gasteiger partial charge in [0.2, 0.25) is 5.91 Å². The van der Waals surface area contributed by atoms with Crippen LogP contribution in [0.15, 0.2) is 54.6 Å². The van der Waals surface area contributed by atoms with E-state index in [9.17, 15) is 9.90 Å². The molecule has 1 heterocycles. The molecule has 0 saturated carbocycles. The van der Waals surface area contributed by atoms with E-state index in [1.165, 1.54) is 5.69 Å². The maximum atomic E-state index is 12.4. The Bertz CT molecular complexity index is 649. The Kier molecular flexibility index (Phi) is 4.81. The summed E-state index contributed by atoms with van der Waals surface area (Å²) in [7, 11) is 0. The number of rotatable bonds is 4. The fourth-order valence-corrected chi connectivity index (χ4v) is 2.97. The van der Waals surface area contributed by atoms with Crippen molar-refractivity contribution in [3.05, 3.63) is 60.2 Å². The summed E-state index contributed by atoms with van der Waals surface area (Å²) >= 11 is 0. The van der Waals surface area contributed by atoms with Gasteiger partial charge in [-0.05, 0) is 30.2 Å². The number of amides is 1. The minimum absolute atomic E-state index is 0.168. The van der Waals surface area contributed by atoms with Crippen molar-refractivity contribution in [3.8, 4) is 5.75 Å². The number of anilines is 1. The van der Waals surface area contributed by atoms with Gasteiger partial charge < -0.3 is 14.9 Å². The third-order valence-electron chi connectivity index (χ3n) is 4.35. The van der Waals surface area contributed by atoms with Gasteiger partial charge in [0.15, 0.2) is 0 Å². The highest BCUT2D eigenvalue weighted by Crippen LogP contribution is 2.19. The molecule has 2 aromatic carbocycles. The van der Waals surface area contributed by atoms with Gasteiger partial charge in [0.25, 0.3) is 0 Å². The van der Waals surface area contributed by atoms with Crippen molar-refractivity contribution >= 4 is 11.6 Å². The van der Waals surface area contributed by atoms with Gasteiger partial charge in [-0.1, -0.05) is 36.4 Å². The average Bonchev–Trinajstić information content (AvgIpc) is 2.62. The van der Waals surface area contributed by atoms with E-state index < -0.39 is 0 Å². The summed E-state index contributed by atoms with van der Waals surface area (Å²) in [6.45, 7) is 3.25. The molecule has 0 unspecified atom stereocenters. The zero-order chi connectivity index (χ0) is 16.1. The highest BCUT2D eigenvalue weighted by atomic mass is 16.3. The maximum Gasteiger partial charge on any atom is 0.223 e. The van der Waals surface area contributed by atoms with Crippen LogP contribution in [0.3, 0.4) is 0 Å². The molecule has 2 aromatic rings. The van der Waals surface area contributed by atoms with Gasteiger partial charge in [-0.15, -0.1) is 0 Å². The molecule has 0 aliphatic carbocycles. The average molecular weight is 310 g/mol. The molecule has 1 aliphatic rings. The van der Waals surface area contributed by atoms with Crippen LogP contribution in [0.2, 0.25) is 0 Å². The molecule has 0 radical (unpaired) electrons. The molecule has 23 heavy (non-hydrogen) atoms. The quantitative estimate of drug-likeness (QED) is 0.944. The molecule has 4 nitrogen and oxygen atoms in total. The second-order valence-electron chi connectivity index (χ2n) is 5.83. The van der Waals surface area contributed by atoms with E-state index in [1.54, 1.807) is 12.1 Å². The van der Waals surface area contributed by atoms with Crippen molar-refractivity contribution in [1.29, 1.82) is 0 Å². The number of aryl methyl sites for hydroxylation is 1. The molecule has 0 bridgehead atoms. The first-order valence-electron chi connectivity index (χ1n) is 8.08. The van der Waals surface area contributed by atoms with Crippen molar-refractivity contribution < 1.29 is 9.90 Å². The number of hydrogen-bond donors (Lipinski definition) is 1. The van der Waals surface area contributed by atoms with Crippen LogP contribution in [0.1, 0.15) is 12.0 Å². The van der Waals surface area contributed by atoms with Crippen LogP contribution in [-0.2, 0) is 11.2 Å². The van der Waals surface area contributed by atoms with Gasteiger partial charge in [-0.3, -0.25) is 4.79 Å². The predicted octanol–water partition coefficient (Wildman–Crippen LogP) is 2.67. The molecule has 0 aromatic heterocycles. The molecule has 1 saturated heterocycles. The Labute approximate surface area is 137 Å². The lowest BCUT2D eigenvalue weighted by molar-refractivity contribution is -0.131. The van der Waals surface area contributed by atoms with Crippen molar-refractivity contribution in [1.82, 2.24) is 4.90 Å². The minimum Gasteiger partial charge on any atom is -0.508 e. The van der Waals surface area contributed by atoms with E-state index in [0.29, 0.717) is 12.8 Å². The molecular formula is C19H22N2O2. The van der Waals surface area contributed by atoms with Gasteiger partial charge in [-0.2, -0.15) is 0 Å². The summed E-state index contributed by atoms with van der Waals surface area (Å²) in [4.78, 5) is 16.6. The second kappa shape index (κ2) is 7.18. The minimum atomic E-state index is 0.168. The van der Waals surface area contributed by atoms with Crippen LogP contribution in [-0.4, -0.2) is 42.1 Å².